The Hall–Kier alpha value is -4.55. The van der Waals surface area contributed by atoms with Crippen LogP contribution in [0.1, 0.15) is 42.7 Å². The van der Waals surface area contributed by atoms with Crippen molar-refractivity contribution in [3.63, 3.8) is 0 Å². The third-order valence-corrected chi connectivity index (χ3v) is 5.27. The molecular formula is C24H30N8O5. The SMILES string of the molecule is CC(C)COC(=O)C(CCC(=O)O)NC(=O)c1ccc(N(C)Cc2cnc3nc(N)nc(N)c3n2)cc1. The van der Waals surface area contributed by atoms with Gasteiger partial charge in [-0.05, 0) is 36.6 Å². The molecule has 1 amide bonds. The zero-order valence-corrected chi connectivity index (χ0v) is 20.8. The molecule has 0 spiro atoms. The van der Waals surface area contributed by atoms with E-state index in [1.54, 1.807) is 30.5 Å². The number of carbonyl (C=O) groups excluding carboxylic acids is 2. The number of aromatic nitrogens is 4. The lowest BCUT2D eigenvalue weighted by atomic mass is 10.1. The first-order chi connectivity index (χ1) is 17.5. The summed E-state index contributed by atoms with van der Waals surface area (Å²) in [5.41, 5.74) is 13.9. The average Bonchev–Trinajstić information content (AvgIpc) is 2.85. The quantitative estimate of drug-likeness (QED) is 0.271. The van der Waals surface area contributed by atoms with Gasteiger partial charge in [-0.15, -0.1) is 0 Å². The zero-order chi connectivity index (χ0) is 27.1. The fourth-order valence-electron chi connectivity index (χ4n) is 3.37. The van der Waals surface area contributed by atoms with Crippen molar-refractivity contribution in [1.82, 2.24) is 25.3 Å². The highest BCUT2D eigenvalue weighted by atomic mass is 16.5. The highest BCUT2D eigenvalue weighted by Gasteiger charge is 2.24. The minimum Gasteiger partial charge on any atom is -0.481 e. The van der Waals surface area contributed by atoms with Gasteiger partial charge in [0.2, 0.25) is 5.95 Å². The minimum absolute atomic E-state index is 0.0222. The third kappa shape index (κ3) is 7.46. The molecule has 0 aliphatic carbocycles. The summed E-state index contributed by atoms with van der Waals surface area (Å²) in [6.07, 6.45) is 1.21. The van der Waals surface area contributed by atoms with E-state index in [1.165, 1.54) is 0 Å². The first-order valence-electron chi connectivity index (χ1n) is 11.6. The van der Waals surface area contributed by atoms with Crippen LogP contribution in [0, 0.1) is 5.92 Å². The standard InChI is InChI=1S/C24H30N8O5/c1-13(2)12-37-23(36)17(8-9-18(33)34)29-22(35)14-4-6-16(7-5-14)32(3)11-15-10-27-21-19(28-15)20(25)30-24(26)31-21/h4-7,10,13,17H,8-9,11-12H2,1-3H3,(H,29,35)(H,33,34)(H4,25,26,27,30,31). The Kier molecular flexibility index (Phi) is 8.72. The molecule has 196 valence electrons. The first-order valence-corrected chi connectivity index (χ1v) is 11.6. The van der Waals surface area contributed by atoms with Gasteiger partial charge >= 0.3 is 11.9 Å². The molecule has 13 heteroatoms. The van der Waals surface area contributed by atoms with Crippen molar-refractivity contribution in [1.29, 1.82) is 0 Å². The Bertz CT molecular complexity index is 1280. The number of nitrogens with two attached hydrogens (primary N) is 2. The number of amides is 1. The molecule has 3 rings (SSSR count). The number of fused-ring (bicyclic) bond motifs is 1. The predicted octanol–water partition coefficient (Wildman–Crippen LogP) is 1.38. The van der Waals surface area contributed by atoms with Crippen molar-refractivity contribution < 1.29 is 24.2 Å². The Morgan fingerprint density at radius 2 is 1.81 bits per heavy atom. The molecule has 13 nitrogen and oxygen atoms in total. The lowest BCUT2D eigenvalue weighted by Crippen LogP contribution is -2.42. The van der Waals surface area contributed by atoms with Gasteiger partial charge in [-0.1, -0.05) is 13.8 Å². The van der Waals surface area contributed by atoms with Crippen LogP contribution in [0.3, 0.4) is 0 Å². The second-order valence-corrected chi connectivity index (χ2v) is 8.89. The smallest absolute Gasteiger partial charge is 0.328 e. The van der Waals surface area contributed by atoms with E-state index in [4.69, 9.17) is 21.3 Å². The number of ether oxygens (including phenoxy) is 1. The van der Waals surface area contributed by atoms with E-state index in [0.717, 1.165) is 5.69 Å². The summed E-state index contributed by atoms with van der Waals surface area (Å²) in [5, 5.41) is 11.6. The number of anilines is 3. The summed E-state index contributed by atoms with van der Waals surface area (Å²) in [7, 11) is 1.84. The van der Waals surface area contributed by atoms with Crippen LogP contribution in [0.4, 0.5) is 17.5 Å². The summed E-state index contributed by atoms with van der Waals surface area (Å²) in [6, 6.07) is 5.63. The van der Waals surface area contributed by atoms with Crippen molar-refractivity contribution in [2.45, 2.75) is 39.3 Å². The molecule has 0 radical (unpaired) electrons. The molecule has 0 bridgehead atoms. The van der Waals surface area contributed by atoms with Crippen LogP contribution < -0.4 is 21.7 Å². The van der Waals surface area contributed by atoms with Crippen LogP contribution in [-0.2, 0) is 20.9 Å². The summed E-state index contributed by atoms with van der Waals surface area (Å²) >= 11 is 0. The maximum Gasteiger partial charge on any atom is 0.328 e. The molecule has 2 aromatic heterocycles. The first kappa shape index (κ1) is 27.0. The number of rotatable bonds is 11. The molecular weight excluding hydrogens is 480 g/mol. The van der Waals surface area contributed by atoms with Gasteiger partial charge in [0.25, 0.3) is 5.91 Å². The lowest BCUT2D eigenvalue weighted by Gasteiger charge is -2.20. The molecule has 1 aromatic carbocycles. The van der Waals surface area contributed by atoms with Crippen LogP contribution in [0.25, 0.3) is 11.2 Å². The van der Waals surface area contributed by atoms with E-state index in [0.29, 0.717) is 29.0 Å². The molecule has 1 unspecified atom stereocenters. The number of aliphatic carboxylic acids is 1. The van der Waals surface area contributed by atoms with Crippen molar-refractivity contribution in [2.24, 2.45) is 5.92 Å². The Morgan fingerprint density at radius 1 is 1.11 bits per heavy atom. The van der Waals surface area contributed by atoms with Crippen molar-refractivity contribution >= 4 is 46.5 Å². The van der Waals surface area contributed by atoms with E-state index in [2.05, 4.69) is 25.3 Å². The summed E-state index contributed by atoms with van der Waals surface area (Å²) in [4.78, 5) is 54.7. The molecule has 37 heavy (non-hydrogen) atoms. The molecule has 2 heterocycles. The third-order valence-electron chi connectivity index (χ3n) is 5.27. The minimum atomic E-state index is -1.07. The fourth-order valence-corrected chi connectivity index (χ4v) is 3.37. The van der Waals surface area contributed by atoms with Crippen molar-refractivity contribution in [3.05, 3.63) is 41.7 Å². The molecule has 0 saturated heterocycles. The number of nitrogens with zero attached hydrogens (tertiary/aromatic N) is 5. The van der Waals surface area contributed by atoms with E-state index in [1.807, 2.05) is 25.8 Å². The lowest BCUT2D eigenvalue weighted by molar-refractivity contribution is -0.147. The Labute approximate surface area is 213 Å². The van der Waals surface area contributed by atoms with Gasteiger partial charge in [-0.25, -0.2) is 14.8 Å². The highest BCUT2D eigenvalue weighted by molar-refractivity contribution is 5.97. The van der Waals surface area contributed by atoms with E-state index < -0.39 is 23.9 Å². The second kappa shape index (κ2) is 11.9. The van der Waals surface area contributed by atoms with Gasteiger partial charge in [-0.2, -0.15) is 9.97 Å². The zero-order valence-electron chi connectivity index (χ0n) is 20.8. The molecule has 0 aliphatic rings. The van der Waals surface area contributed by atoms with Gasteiger partial charge in [0.1, 0.15) is 6.04 Å². The van der Waals surface area contributed by atoms with Gasteiger partial charge in [0, 0.05) is 24.7 Å². The molecule has 0 saturated carbocycles. The molecule has 0 fully saturated rings. The Balaban J connectivity index is 1.67. The van der Waals surface area contributed by atoms with Gasteiger partial charge in [0.15, 0.2) is 17.0 Å². The summed E-state index contributed by atoms with van der Waals surface area (Å²) < 4.78 is 5.20. The number of esters is 1. The van der Waals surface area contributed by atoms with Crippen LogP contribution >= 0.6 is 0 Å². The fraction of sp³-hybridized carbons (Fsp3) is 0.375. The molecule has 3 aromatic rings. The Morgan fingerprint density at radius 3 is 2.46 bits per heavy atom. The van der Waals surface area contributed by atoms with Gasteiger partial charge in [-0.3, -0.25) is 9.59 Å². The predicted molar refractivity (Wildman–Crippen MR) is 136 cm³/mol. The van der Waals surface area contributed by atoms with E-state index in [-0.39, 0.29) is 37.1 Å². The van der Waals surface area contributed by atoms with Crippen LogP contribution in [0.2, 0.25) is 0 Å². The number of carboxylic acids is 1. The molecule has 1 atom stereocenters. The van der Waals surface area contributed by atoms with Crippen LogP contribution in [0.5, 0.6) is 0 Å². The largest absolute Gasteiger partial charge is 0.481 e. The van der Waals surface area contributed by atoms with Gasteiger partial charge in [0.05, 0.1) is 25.0 Å². The number of nitrogens with one attached hydrogen (secondary N) is 1. The maximum absolute atomic E-state index is 12.8. The summed E-state index contributed by atoms with van der Waals surface area (Å²) in [6.45, 7) is 4.32. The number of nitrogen functional groups attached to an aromatic ring is 2. The monoisotopic (exact) mass is 510 g/mol. The number of carboxylic acid groups (broad SMARTS) is 1. The topological polar surface area (TPSA) is 200 Å². The highest BCUT2D eigenvalue weighted by Crippen LogP contribution is 2.19. The molecule has 6 N–H and O–H groups in total. The summed E-state index contributed by atoms with van der Waals surface area (Å²) in [5.74, 6) is -1.97. The van der Waals surface area contributed by atoms with Crippen molar-refractivity contribution in [3.8, 4) is 0 Å². The van der Waals surface area contributed by atoms with E-state index in [9.17, 15) is 14.4 Å². The molecule has 0 aliphatic heterocycles. The van der Waals surface area contributed by atoms with E-state index >= 15 is 0 Å². The van der Waals surface area contributed by atoms with Crippen LogP contribution in [0.15, 0.2) is 30.5 Å². The number of hydrogen-bond acceptors (Lipinski definition) is 11. The van der Waals surface area contributed by atoms with Gasteiger partial charge < -0.3 is 31.5 Å². The normalized spacial score (nSPS) is 11.8. The average molecular weight is 511 g/mol. The maximum atomic E-state index is 12.8. The second-order valence-electron chi connectivity index (χ2n) is 8.89. The number of carbonyl (C=O) groups is 3. The number of hydrogen-bond donors (Lipinski definition) is 4. The van der Waals surface area contributed by atoms with Crippen molar-refractivity contribution in [2.75, 3.05) is 30.0 Å². The number of benzene rings is 1. The van der Waals surface area contributed by atoms with Crippen LogP contribution in [-0.4, -0.2) is 62.6 Å².